The van der Waals surface area contributed by atoms with Crippen molar-refractivity contribution < 1.29 is 32.0 Å². The van der Waals surface area contributed by atoms with Gasteiger partial charge < -0.3 is 9.47 Å². The zero-order chi connectivity index (χ0) is 20.2. The summed E-state index contributed by atoms with van der Waals surface area (Å²) in [6, 6.07) is 9.33. The molecule has 2 aromatic carbocycles. The first-order valence-corrected chi connectivity index (χ1v) is 12.0. The van der Waals surface area contributed by atoms with E-state index in [0.29, 0.717) is 5.56 Å². The quantitative estimate of drug-likeness (QED) is 0.159. The van der Waals surface area contributed by atoms with Crippen molar-refractivity contribution in [3.05, 3.63) is 58.2 Å². The normalized spacial score (nSPS) is 11.1. The van der Waals surface area contributed by atoms with Crippen molar-refractivity contribution >= 4 is 89.8 Å². The number of benzene rings is 2. The summed E-state index contributed by atoms with van der Waals surface area (Å²) in [6.07, 6.45) is 0. The summed E-state index contributed by atoms with van der Waals surface area (Å²) in [5.41, 5.74) is 0.601. The molecule has 0 saturated heterocycles. The third-order valence-electron chi connectivity index (χ3n) is 3.09. The Morgan fingerprint density at radius 3 is 2.22 bits per heavy atom. The van der Waals surface area contributed by atoms with E-state index < -0.39 is 34.4 Å². The Morgan fingerprint density at radius 1 is 1.00 bits per heavy atom. The Balaban J connectivity index is 2.03. The summed E-state index contributed by atoms with van der Waals surface area (Å²) in [4.78, 5) is 24.2. The molecule has 0 amide bonds. The van der Waals surface area contributed by atoms with E-state index in [-0.39, 0.29) is 11.3 Å². The number of esters is 2. The monoisotopic (exact) mass is 728 g/mol. The molecule has 144 valence electrons. The van der Waals surface area contributed by atoms with E-state index in [9.17, 15) is 18.0 Å². The predicted octanol–water partition coefficient (Wildman–Crippen LogP) is 3.76. The molecule has 0 radical (unpaired) electrons. The van der Waals surface area contributed by atoms with Gasteiger partial charge in [0, 0.05) is 10.7 Å². The molecule has 2 rings (SSSR count). The number of rotatable bonds is 6. The summed E-state index contributed by atoms with van der Waals surface area (Å²) in [7, 11) is -4.19. The molecular formula is C16H11I3O7S. The average molecular weight is 728 g/mol. The van der Waals surface area contributed by atoms with Crippen LogP contribution in [0.4, 0.5) is 0 Å². The average Bonchev–Trinajstić information content (AvgIpc) is 2.57. The summed E-state index contributed by atoms with van der Waals surface area (Å²) < 4.78 is 42.5. The van der Waals surface area contributed by atoms with Gasteiger partial charge in [-0.1, -0.05) is 0 Å². The Kier molecular flexibility index (Phi) is 8.26. The summed E-state index contributed by atoms with van der Waals surface area (Å²) >= 11 is 6.34. The van der Waals surface area contributed by atoms with Crippen LogP contribution in [0.3, 0.4) is 0 Å². The Morgan fingerprint density at radius 2 is 1.63 bits per heavy atom. The van der Waals surface area contributed by atoms with Crippen LogP contribution in [-0.4, -0.2) is 37.3 Å². The molecule has 0 atom stereocenters. The second-order valence-electron chi connectivity index (χ2n) is 5.09. The molecule has 0 aliphatic rings. The van der Waals surface area contributed by atoms with Crippen molar-refractivity contribution in [1.82, 2.24) is 0 Å². The Labute approximate surface area is 196 Å². The molecule has 0 bridgehead atoms. The van der Waals surface area contributed by atoms with Gasteiger partial charge in [0.15, 0.2) is 0 Å². The molecule has 1 N–H and O–H groups in total. The Hall–Kier alpha value is -0.520. The van der Waals surface area contributed by atoms with Gasteiger partial charge in [-0.25, -0.2) is 9.59 Å². The highest BCUT2D eigenvalue weighted by atomic mass is 127. The molecular weight excluding hydrogens is 717 g/mol. The summed E-state index contributed by atoms with van der Waals surface area (Å²) in [6.45, 7) is -0.460. The van der Waals surface area contributed by atoms with E-state index >= 15 is 0 Å². The third kappa shape index (κ3) is 7.10. The number of carbonyl (C=O) groups is 2. The maximum atomic E-state index is 12.4. The lowest BCUT2D eigenvalue weighted by Crippen LogP contribution is -2.15. The number of ether oxygens (including phenoxy) is 2. The topological polar surface area (TPSA) is 107 Å². The lowest BCUT2D eigenvalue weighted by molar-refractivity contribution is 0.0528. The zero-order valence-electron chi connectivity index (χ0n) is 13.3. The second kappa shape index (κ2) is 9.80. The maximum Gasteiger partial charge on any atom is 0.344 e. The van der Waals surface area contributed by atoms with Gasteiger partial charge in [-0.15, -0.1) is 0 Å². The van der Waals surface area contributed by atoms with Crippen LogP contribution in [0.1, 0.15) is 20.7 Å². The predicted molar refractivity (Wildman–Crippen MR) is 123 cm³/mol. The fourth-order valence-electron chi connectivity index (χ4n) is 1.85. The van der Waals surface area contributed by atoms with Crippen molar-refractivity contribution in [1.29, 1.82) is 0 Å². The van der Waals surface area contributed by atoms with Gasteiger partial charge in [0.25, 0.3) is 10.1 Å². The highest BCUT2D eigenvalue weighted by Crippen LogP contribution is 2.24. The van der Waals surface area contributed by atoms with Crippen LogP contribution < -0.4 is 4.74 Å². The Bertz CT molecular complexity index is 972. The molecule has 0 spiro atoms. The minimum atomic E-state index is -4.19. The van der Waals surface area contributed by atoms with E-state index in [2.05, 4.69) is 67.8 Å². The fourth-order valence-corrected chi connectivity index (χ4v) is 4.52. The lowest BCUT2D eigenvalue weighted by Gasteiger charge is -2.09. The van der Waals surface area contributed by atoms with Crippen LogP contribution in [-0.2, 0) is 14.9 Å². The first-order valence-electron chi connectivity index (χ1n) is 7.16. The smallest absolute Gasteiger partial charge is 0.344 e. The maximum absolute atomic E-state index is 12.4. The van der Waals surface area contributed by atoms with Crippen LogP contribution in [0.25, 0.3) is 0 Å². The van der Waals surface area contributed by atoms with Gasteiger partial charge in [-0.05, 0) is 104 Å². The summed E-state index contributed by atoms with van der Waals surface area (Å²) in [5, 5.41) is 0. The van der Waals surface area contributed by atoms with Gasteiger partial charge >= 0.3 is 11.9 Å². The SMILES string of the molecule is O=C(OCCS(=O)(=O)O)c1ccc(OC(=O)c2cc(I)cc(I)c2I)cc1. The third-order valence-corrected chi connectivity index (χ3v) is 7.44. The van der Waals surface area contributed by atoms with Gasteiger partial charge in [0.05, 0.1) is 11.1 Å². The van der Waals surface area contributed by atoms with Gasteiger partial charge in [-0.3, -0.25) is 4.55 Å². The number of hydrogen-bond donors (Lipinski definition) is 1. The highest BCUT2D eigenvalue weighted by molar-refractivity contribution is 14.1. The molecule has 0 saturated carbocycles. The molecule has 11 heteroatoms. The van der Waals surface area contributed by atoms with Crippen molar-refractivity contribution in [3.63, 3.8) is 0 Å². The number of hydrogen-bond acceptors (Lipinski definition) is 6. The highest BCUT2D eigenvalue weighted by Gasteiger charge is 2.16. The molecule has 0 heterocycles. The van der Waals surface area contributed by atoms with E-state index in [1.165, 1.54) is 24.3 Å². The van der Waals surface area contributed by atoms with E-state index in [1.807, 2.05) is 6.07 Å². The van der Waals surface area contributed by atoms with Crippen LogP contribution in [0.2, 0.25) is 0 Å². The molecule has 0 aliphatic carbocycles. The molecule has 0 aliphatic heterocycles. The number of halogens is 3. The first kappa shape index (κ1) is 22.8. The van der Waals surface area contributed by atoms with Crippen molar-refractivity contribution in [3.8, 4) is 5.75 Å². The van der Waals surface area contributed by atoms with Gasteiger partial charge in [0.1, 0.15) is 18.1 Å². The molecule has 27 heavy (non-hydrogen) atoms. The lowest BCUT2D eigenvalue weighted by atomic mass is 10.2. The number of carbonyl (C=O) groups excluding carboxylic acids is 2. The largest absolute Gasteiger partial charge is 0.461 e. The van der Waals surface area contributed by atoms with E-state index in [1.54, 1.807) is 6.07 Å². The second-order valence-corrected chi connectivity index (χ2v) is 10.1. The fraction of sp³-hybridized carbons (Fsp3) is 0.125. The van der Waals surface area contributed by atoms with Gasteiger partial charge in [0.2, 0.25) is 0 Å². The van der Waals surface area contributed by atoms with Crippen LogP contribution in [0.15, 0.2) is 36.4 Å². The van der Waals surface area contributed by atoms with E-state index in [0.717, 1.165) is 10.7 Å². The van der Waals surface area contributed by atoms with Crippen molar-refractivity contribution in [2.24, 2.45) is 0 Å². The standard InChI is InChI=1S/C16H11I3O7S/c17-10-7-12(14(19)13(18)8-10)16(21)26-11-3-1-9(2-4-11)15(20)25-5-6-27(22,23)24/h1-4,7-8H,5-6H2,(H,22,23,24). The molecule has 0 unspecified atom stereocenters. The van der Waals surface area contributed by atoms with Crippen molar-refractivity contribution in [2.75, 3.05) is 12.4 Å². The molecule has 0 fully saturated rings. The minimum Gasteiger partial charge on any atom is -0.461 e. The zero-order valence-corrected chi connectivity index (χ0v) is 20.6. The summed E-state index contributed by atoms with van der Waals surface area (Å²) in [5.74, 6) is -1.70. The van der Waals surface area contributed by atoms with Crippen molar-refractivity contribution in [2.45, 2.75) is 0 Å². The molecule has 7 nitrogen and oxygen atoms in total. The molecule has 0 aromatic heterocycles. The van der Waals surface area contributed by atoms with Gasteiger partial charge in [-0.2, -0.15) is 8.42 Å². The van der Waals surface area contributed by atoms with E-state index in [4.69, 9.17) is 14.0 Å². The molecule has 2 aromatic rings. The first-order chi connectivity index (χ1) is 12.6. The van der Waals surface area contributed by atoms with Crippen LogP contribution in [0, 0.1) is 10.7 Å². The minimum absolute atomic E-state index is 0.156. The van der Waals surface area contributed by atoms with Crippen LogP contribution in [0.5, 0.6) is 5.75 Å². The van der Waals surface area contributed by atoms with Crippen LogP contribution >= 0.6 is 67.8 Å².